The Morgan fingerprint density at radius 3 is 2.64 bits per heavy atom. The number of methoxy groups -OCH3 is 1. The zero-order valence-corrected chi connectivity index (χ0v) is 14.0. The molecule has 0 unspecified atom stereocenters. The largest absolute Gasteiger partial charge is 0.465 e. The minimum absolute atomic E-state index is 0.0981. The number of aromatic nitrogens is 1. The number of nitrogen functional groups attached to an aromatic ring is 1. The van der Waals surface area contributed by atoms with E-state index in [1.807, 2.05) is 24.3 Å². The SMILES string of the molecule is COC(=O)c1ccc(NC(=O)c2cc3ccccc3nc2Cl)c(N)c1. The summed E-state index contributed by atoms with van der Waals surface area (Å²) in [6.07, 6.45) is 0. The molecule has 0 atom stereocenters. The molecule has 0 saturated carbocycles. The molecule has 126 valence electrons. The number of nitrogens with one attached hydrogen (secondary N) is 1. The van der Waals surface area contributed by atoms with Gasteiger partial charge in [0.25, 0.3) is 5.91 Å². The number of nitrogens with two attached hydrogens (primary N) is 1. The molecule has 0 aliphatic heterocycles. The van der Waals surface area contributed by atoms with Crippen LogP contribution >= 0.6 is 11.6 Å². The molecule has 6 nitrogen and oxygen atoms in total. The van der Waals surface area contributed by atoms with Crippen LogP contribution < -0.4 is 11.1 Å². The van der Waals surface area contributed by atoms with Crippen molar-refractivity contribution in [2.24, 2.45) is 0 Å². The molecule has 1 amide bonds. The van der Waals surface area contributed by atoms with Crippen molar-refractivity contribution < 1.29 is 14.3 Å². The van der Waals surface area contributed by atoms with Gasteiger partial charge in [0.1, 0.15) is 5.15 Å². The molecule has 0 fully saturated rings. The Morgan fingerprint density at radius 2 is 1.92 bits per heavy atom. The molecular formula is C18H14ClN3O3. The fraction of sp³-hybridized carbons (Fsp3) is 0.0556. The van der Waals surface area contributed by atoms with Gasteiger partial charge in [-0.2, -0.15) is 0 Å². The van der Waals surface area contributed by atoms with Crippen molar-refractivity contribution in [2.75, 3.05) is 18.2 Å². The molecule has 0 spiro atoms. The number of nitrogens with zero attached hydrogens (tertiary/aromatic N) is 1. The van der Waals surface area contributed by atoms with Gasteiger partial charge in [-0.15, -0.1) is 0 Å². The quantitative estimate of drug-likeness (QED) is 0.426. The number of amides is 1. The lowest BCUT2D eigenvalue weighted by molar-refractivity contribution is 0.0600. The summed E-state index contributed by atoms with van der Waals surface area (Å²) in [5.74, 6) is -0.952. The average Bonchev–Trinajstić information content (AvgIpc) is 2.62. The number of carbonyl (C=O) groups is 2. The highest BCUT2D eigenvalue weighted by Crippen LogP contribution is 2.24. The van der Waals surface area contributed by atoms with E-state index in [-0.39, 0.29) is 16.4 Å². The predicted octanol–water partition coefficient (Wildman–Crippen LogP) is 3.51. The normalized spacial score (nSPS) is 10.5. The van der Waals surface area contributed by atoms with Crippen molar-refractivity contribution in [1.29, 1.82) is 0 Å². The summed E-state index contributed by atoms with van der Waals surface area (Å²) in [6.45, 7) is 0. The summed E-state index contributed by atoms with van der Waals surface area (Å²) in [5, 5.41) is 3.57. The van der Waals surface area contributed by atoms with Gasteiger partial charge in [-0.1, -0.05) is 29.8 Å². The van der Waals surface area contributed by atoms with Crippen LogP contribution in [0.4, 0.5) is 11.4 Å². The molecule has 1 aromatic heterocycles. The highest BCUT2D eigenvalue weighted by Gasteiger charge is 2.15. The van der Waals surface area contributed by atoms with Crippen LogP contribution in [0.1, 0.15) is 20.7 Å². The van der Waals surface area contributed by atoms with Crippen LogP contribution in [0.5, 0.6) is 0 Å². The minimum atomic E-state index is -0.508. The molecule has 0 bridgehead atoms. The fourth-order valence-electron chi connectivity index (χ4n) is 2.36. The second kappa shape index (κ2) is 6.78. The maximum atomic E-state index is 12.5. The van der Waals surface area contributed by atoms with Crippen LogP contribution in [-0.4, -0.2) is 24.0 Å². The number of carbonyl (C=O) groups excluding carboxylic acids is 2. The van der Waals surface area contributed by atoms with Gasteiger partial charge < -0.3 is 15.8 Å². The third-order valence-corrected chi connectivity index (χ3v) is 3.93. The highest BCUT2D eigenvalue weighted by atomic mass is 35.5. The van der Waals surface area contributed by atoms with E-state index in [2.05, 4.69) is 15.0 Å². The summed E-state index contributed by atoms with van der Waals surface area (Å²) in [6, 6.07) is 13.5. The van der Waals surface area contributed by atoms with E-state index in [1.54, 1.807) is 6.07 Å². The first-order valence-corrected chi connectivity index (χ1v) is 7.72. The minimum Gasteiger partial charge on any atom is -0.465 e. The maximum Gasteiger partial charge on any atom is 0.337 e. The van der Waals surface area contributed by atoms with Crippen molar-refractivity contribution in [3.8, 4) is 0 Å². The number of fused-ring (bicyclic) bond motifs is 1. The second-order valence-corrected chi connectivity index (χ2v) is 5.63. The number of esters is 1. The second-order valence-electron chi connectivity index (χ2n) is 5.27. The van der Waals surface area contributed by atoms with Crippen LogP contribution in [-0.2, 0) is 4.74 Å². The number of hydrogen-bond acceptors (Lipinski definition) is 5. The van der Waals surface area contributed by atoms with E-state index >= 15 is 0 Å². The molecule has 7 heteroatoms. The van der Waals surface area contributed by atoms with Crippen LogP contribution in [0.15, 0.2) is 48.5 Å². The van der Waals surface area contributed by atoms with Crippen LogP contribution in [0, 0.1) is 0 Å². The number of hydrogen-bond donors (Lipinski definition) is 2. The third kappa shape index (κ3) is 3.39. The molecule has 2 aromatic carbocycles. The highest BCUT2D eigenvalue weighted by molar-refractivity contribution is 6.34. The molecule has 25 heavy (non-hydrogen) atoms. The van der Waals surface area contributed by atoms with E-state index in [0.717, 1.165) is 5.39 Å². The first kappa shape index (κ1) is 16.7. The molecule has 1 heterocycles. The van der Waals surface area contributed by atoms with Crippen molar-refractivity contribution in [3.05, 3.63) is 64.8 Å². The molecule has 0 radical (unpaired) electrons. The molecule has 0 aliphatic rings. The van der Waals surface area contributed by atoms with Crippen molar-refractivity contribution in [1.82, 2.24) is 4.98 Å². The molecule has 3 N–H and O–H groups in total. The van der Waals surface area contributed by atoms with Crippen LogP contribution in [0.25, 0.3) is 10.9 Å². The molecular weight excluding hydrogens is 342 g/mol. The van der Waals surface area contributed by atoms with E-state index < -0.39 is 11.9 Å². The Morgan fingerprint density at radius 1 is 1.16 bits per heavy atom. The zero-order chi connectivity index (χ0) is 18.0. The maximum absolute atomic E-state index is 12.5. The van der Waals surface area contributed by atoms with Crippen LogP contribution in [0.2, 0.25) is 5.15 Å². The molecule has 0 saturated heterocycles. The van der Waals surface area contributed by atoms with Gasteiger partial charge in [0, 0.05) is 5.39 Å². The van der Waals surface area contributed by atoms with Gasteiger partial charge in [-0.05, 0) is 30.3 Å². The Balaban J connectivity index is 1.90. The number of anilines is 2. The van der Waals surface area contributed by atoms with Gasteiger partial charge in [0.2, 0.25) is 0 Å². The lowest BCUT2D eigenvalue weighted by atomic mass is 10.1. The van der Waals surface area contributed by atoms with Gasteiger partial charge in [0.15, 0.2) is 0 Å². The average molecular weight is 356 g/mol. The molecule has 0 aliphatic carbocycles. The van der Waals surface area contributed by atoms with E-state index in [9.17, 15) is 9.59 Å². The third-order valence-electron chi connectivity index (χ3n) is 3.64. The first-order valence-electron chi connectivity index (χ1n) is 7.34. The topological polar surface area (TPSA) is 94.3 Å². The number of para-hydroxylation sites is 1. The van der Waals surface area contributed by atoms with Crippen molar-refractivity contribution >= 4 is 45.8 Å². The van der Waals surface area contributed by atoms with Crippen molar-refractivity contribution in [3.63, 3.8) is 0 Å². The monoisotopic (exact) mass is 355 g/mol. The lowest BCUT2D eigenvalue weighted by Gasteiger charge is -2.11. The van der Waals surface area contributed by atoms with Crippen molar-refractivity contribution in [2.45, 2.75) is 0 Å². The Kier molecular flexibility index (Phi) is 4.54. The van der Waals surface area contributed by atoms with E-state index in [4.69, 9.17) is 17.3 Å². The predicted molar refractivity (Wildman–Crippen MR) is 96.9 cm³/mol. The summed E-state index contributed by atoms with van der Waals surface area (Å²) < 4.78 is 4.63. The lowest BCUT2D eigenvalue weighted by Crippen LogP contribution is -2.15. The number of ether oxygens (including phenoxy) is 1. The summed E-state index contributed by atoms with van der Waals surface area (Å²) >= 11 is 6.13. The Labute approximate surface area is 148 Å². The standard InChI is InChI=1S/C18H14ClN3O3/c1-25-18(24)11-6-7-15(13(20)9-11)22-17(23)12-8-10-4-2-3-5-14(10)21-16(12)19/h2-9H,20H2,1H3,(H,22,23). The summed E-state index contributed by atoms with van der Waals surface area (Å²) in [5.41, 5.74) is 7.73. The molecule has 3 aromatic rings. The summed E-state index contributed by atoms with van der Waals surface area (Å²) in [4.78, 5) is 28.2. The summed E-state index contributed by atoms with van der Waals surface area (Å²) in [7, 11) is 1.28. The van der Waals surface area contributed by atoms with Gasteiger partial charge in [-0.3, -0.25) is 4.79 Å². The Bertz CT molecular complexity index is 988. The number of benzene rings is 2. The number of halogens is 1. The first-order chi connectivity index (χ1) is 12.0. The van der Waals surface area contributed by atoms with Crippen LogP contribution in [0.3, 0.4) is 0 Å². The van der Waals surface area contributed by atoms with E-state index in [0.29, 0.717) is 16.8 Å². The number of rotatable bonds is 3. The van der Waals surface area contributed by atoms with Gasteiger partial charge in [-0.25, -0.2) is 9.78 Å². The zero-order valence-electron chi connectivity index (χ0n) is 13.2. The Hall–Kier alpha value is -3.12. The smallest absolute Gasteiger partial charge is 0.337 e. The van der Waals surface area contributed by atoms with Gasteiger partial charge >= 0.3 is 5.97 Å². The van der Waals surface area contributed by atoms with Gasteiger partial charge in [0.05, 0.1) is 35.1 Å². The number of pyridine rings is 1. The van der Waals surface area contributed by atoms with E-state index in [1.165, 1.54) is 25.3 Å². The fourth-order valence-corrected chi connectivity index (χ4v) is 2.59. The molecule has 3 rings (SSSR count).